The van der Waals surface area contributed by atoms with Crippen molar-refractivity contribution in [2.75, 3.05) is 11.0 Å². The lowest BCUT2D eigenvalue weighted by atomic mass is 9.76. The molecular weight excluding hydrogens is 390 g/mol. The van der Waals surface area contributed by atoms with Crippen molar-refractivity contribution in [1.29, 1.82) is 0 Å². The molecule has 0 bridgehead atoms. The highest BCUT2D eigenvalue weighted by Crippen LogP contribution is 2.38. The average Bonchev–Trinajstić information content (AvgIpc) is 2.98. The van der Waals surface area contributed by atoms with Crippen molar-refractivity contribution < 1.29 is 22.4 Å². The fourth-order valence-corrected chi connectivity index (χ4v) is 4.28. The van der Waals surface area contributed by atoms with Gasteiger partial charge in [-0.3, -0.25) is 14.3 Å². The van der Waals surface area contributed by atoms with Gasteiger partial charge in [-0.05, 0) is 41.4 Å². The number of benzene rings is 1. The molecule has 0 spiro atoms. The van der Waals surface area contributed by atoms with Crippen molar-refractivity contribution >= 4 is 39.0 Å². The van der Waals surface area contributed by atoms with E-state index in [0.717, 1.165) is 18.0 Å². The van der Waals surface area contributed by atoms with Gasteiger partial charge < -0.3 is 4.42 Å². The maximum Gasteiger partial charge on any atom is 0.278 e. The molecule has 3 rings (SSSR count). The number of carbonyl (C=O) groups is 2. The third-order valence-corrected chi connectivity index (χ3v) is 5.69. The fraction of sp³-hybridized carbons (Fsp3) is 0.412. The molecule has 1 saturated carbocycles. The second-order valence-corrected chi connectivity index (χ2v) is 10.1. The Morgan fingerprint density at radius 1 is 1.11 bits per heavy atom. The minimum Gasteiger partial charge on any atom is -0.411 e. The molecule has 10 heteroatoms. The van der Waals surface area contributed by atoms with Gasteiger partial charge in [-0.25, -0.2) is 8.42 Å². The smallest absolute Gasteiger partial charge is 0.278 e. The number of ketones is 2. The van der Waals surface area contributed by atoms with Crippen LogP contribution in [0.4, 0.5) is 5.69 Å². The van der Waals surface area contributed by atoms with Gasteiger partial charge in [-0.2, -0.15) is 0 Å². The molecule has 1 heterocycles. The summed E-state index contributed by atoms with van der Waals surface area (Å²) < 4.78 is 30.4. The Bertz CT molecular complexity index is 960. The number of Topliss-reactive ketones (excluding diaryl/α,β-unsaturated/α-hetero) is 2. The van der Waals surface area contributed by atoms with Gasteiger partial charge in [0.1, 0.15) is 5.25 Å². The Labute approximate surface area is 161 Å². The van der Waals surface area contributed by atoms with Gasteiger partial charge in [0.15, 0.2) is 11.6 Å². The van der Waals surface area contributed by atoms with Crippen LogP contribution in [-0.4, -0.2) is 41.7 Å². The lowest BCUT2D eigenvalue weighted by molar-refractivity contribution is -0.132. The molecule has 2 aromatic rings. The normalized spacial score (nSPS) is 17.9. The summed E-state index contributed by atoms with van der Waals surface area (Å²) in [5.41, 5.74) is 0.694. The predicted molar refractivity (Wildman–Crippen MR) is 101 cm³/mol. The first-order chi connectivity index (χ1) is 12.5. The van der Waals surface area contributed by atoms with E-state index in [2.05, 4.69) is 14.9 Å². The van der Waals surface area contributed by atoms with Crippen molar-refractivity contribution in [3.63, 3.8) is 0 Å². The number of thioether (sulfide) groups is 1. The topological polar surface area (TPSA) is 119 Å². The minimum absolute atomic E-state index is 0.128. The lowest BCUT2D eigenvalue weighted by Crippen LogP contribution is -2.39. The van der Waals surface area contributed by atoms with Crippen molar-refractivity contribution in [2.24, 2.45) is 5.41 Å². The highest BCUT2D eigenvalue weighted by Gasteiger charge is 2.41. The van der Waals surface area contributed by atoms with Crippen molar-refractivity contribution in [3.8, 4) is 11.5 Å². The van der Waals surface area contributed by atoms with Gasteiger partial charge in [0.05, 0.1) is 6.26 Å². The first-order valence-electron chi connectivity index (χ1n) is 8.16. The number of hydrogen-bond acceptors (Lipinski definition) is 8. The number of rotatable bonds is 5. The zero-order valence-electron chi connectivity index (χ0n) is 15.1. The molecule has 1 aliphatic rings. The molecule has 0 aliphatic heterocycles. The summed E-state index contributed by atoms with van der Waals surface area (Å²) in [6.07, 6.45) is 1.75. The van der Waals surface area contributed by atoms with Crippen LogP contribution in [0.2, 0.25) is 0 Å². The molecular formula is C17H19N3O5S2. The molecule has 1 fully saturated rings. The number of nitrogens with one attached hydrogen (secondary N) is 1. The summed E-state index contributed by atoms with van der Waals surface area (Å²) in [4.78, 5) is 24.5. The summed E-state index contributed by atoms with van der Waals surface area (Å²) in [6, 6.07) is 6.41. The third kappa shape index (κ3) is 4.95. The standard InChI is InChI=1S/C17H19N3O5S2/c1-17(2)8-12(21)14(13(22)9-17)26-16-19-18-15(25-16)10-4-6-11(7-5-10)20-27(3,23)24/h4-7,14,20H,8-9H2,1-3H3. The number of aromatic nitrogens is 2. The summed E-state index contributed by atoms with van der Waals surface area (Å²) in [6.45, 7) is 3.80. The van der Waals surface area contributed by atoms with E-state index in [-0.39, 0.29) is 28.1 Å². The van der Waals surface area contributed by atoms with E-state index in [0.29, 0.717) is 24.1 Å². The van der Waals surface area contributed by atoms with E-state index in [1.807, 2.05) is 13.8 Å². The maximum atomic E-state index is 12.3. The molecule has 144 valence electrons. The van der Waals surface area contributed by atoms with E-state index in [4.69, 9.17) is 4.42 Å². The van der Waals surface area contributed by atoms with Gasteiger partial charge in [-0.15, -0.1) is 10.2 Å². The Morgan fingerprint density at radius 3 is 2.26 bits per heavy atom. The van der Waals surface area contributed by atoms with Crippen LogP contribution in [0.5, 0.6) is 0 Å². The van der Waals surface area contributed by atoms with Crippen LogP contribution >= 0.6 is 11.8 Å². The van der Waals surface area contributed by atoms with Crippen LogP contribution in [-0.2, 0) is 19.6 Å². The van der Waals surface area contributed by atoms with Gasteiger partial charge in [-0.1, -0.05) is 13.8 Å². The Hall–Kier alpha value is -2.20. The first kappa shape index (κ1) is 19.6. The van der Waals surface area contributed by atoms with E-state index in [9.17, 15) is 18.0 Å². The molecule has 0 amide bonds. The van der Waals surface area contributed by atoms with E-state index in [1.165, 1.54) is 0 Å². The molecule has 8 nitrogen and oxygen atoms in total. The number of sulfonamides is 1. The van der Waals surface area contributed by atoms with Crippen molar-refractivity contribution in [3.05, 3.63) is 24.3 Å². The summed E-state index contributed by atoms with van der Waals surface area (Å²) in [5.74, 6) is -0.0335. The van der Waals surface area contributed by atoms with Gasteiger partial charge in [0.25, 0.3) is 5.22 Å². The number of nitrogens with zero attached hydrogens (tertiary/aromatic N) is 2. The molecule has 1 N–H and O–H groups in total. The number of hydrogen-bond donors (Lipinski definition) is 1. The molecule has 0 atom stereocenters. The second-order valence-electron chi connectivity index (χ2n) is 7.27. The van der Waals surface area contributed by atoms with Crippen molar-refractivity contribution in [2.45, 2.75) is 37.2 Å². The maximum absolute atomic E-state index is 12.3. The number of anilines is 1. The molecule has 0 saturated heterocycles. The highest BCUT2D eigenvalue weighted by atomic mass is 32.2. The van der Waals surface area contributed by atoms with E-state index < -0.39 is 15.3 Å². The van der Waals surface area contributed by atoms with Gasteiger partial charge in [0, 0.05) is 24.1 Å². The van der Waals surface area contributed by atoms with Crippen LogP contribution in [0, 0.1) is 5.41 Å². The zero-order chi connectivity index (χ0) is 19.8. The molecule has 0 radical (unpaired) electrons. The SMILES string of the molecule is CC1(C)CC(=O)C(Sc2nnc(-c3ccc(NS(C)(=O)=O)cc3)o2)C(=O)C1. The zero-order valence-corrected chi connectivity index (χ0v) is 16.7. The quantitative estimate of drug-likeness (QED) is 0.748. The van der Waals surface area contributed by atoms with E-state index >= 15 is 0 Å². The van der Waals surface area contributed by atoms with E-state index in [1.54, 1.807) is 24.3 Å². The summed E-state index contributed by atoms with van der Waals surface area (Å²) >= 11 is 0.977. The largest absolute Gasteiger partial charge is 0.411 e. The summed E-state index contributed by atoms with van der Waals surface area (Å²) in [7, 11) is -3.35. The average molecular weight is 409 g/mol. The molecule has 1 aromatic carbocycles. The van der Waals surface area contributed by atoms with Gasteiger partial charge in [0.2, 0.25) is 15.9 Å². The van der Waals surface area contributed by atoms with Crippen LogP contribution < -0.4 is 4.72 Å². The first-order valence-corrected chi connectivity index (χ1v) is 10.9. The minimum atomic E-state index is -3.35. The van der Waals surface area contributed by atoms with Crippen LogP contribution in [0.1, 0.15) is 26.7 Å². The Balaban J connectivity index is 1.72. The predicted octanol–water partition coefficient (Wildman–Crippen LogP) is 2.53. The van der Waals surface area contributed by atoms with Gasteiger partial charge >= 0.3 is 0 Å². The monoisotopic (exact) mass is 409 g/mol. The molecule has 0 unspecified atom stereocenters. The molecule has 27 heavy (non-hydrogen) atoms. The third-order valence-electron chi connectivity index (χ3n) is 3.95. The second kappa shape index (κ2) is 7.08. The Kier molecular flexibility index (Phi) is 5.13. The highest BCUT2D eigenvalue weighted by molar-refractivity contribution is 8.01. The van der Waals surface area contributed by atoms with Crippen LogP contribution in [0.25, 0.3) is 11.5 Å². The van der Waals surface area contributed by atoms with Crippen LogP contribution in [0.3, 0.4) is 0 Å². The van der Waals surface area contributed by atoms with Crippen molar-refractivity contribution in [1.82, 2.24) is 10.2 Å². The lowest BCUT2D eigenvalue weighted by Gasteiger charge is -2.30. The summed E-state index contributed by atoms with van der Waals surface area (Å²) in [5, 5.41) is 7.18. The number of carbonyl (C=O) groups excluding carboxylic acids is 2. The van der Waals surface area contributed by atoms with Crippen LogP contribution in [0.15, 0.2) is 33.9 Å². The Morgan fingerprint density at radius 2 is 1.70 bits per heavy atom. The molecule has 1 aromatic heterocycles. The fourth-order valence-electron chi connectivity index (χ4n) is 2.87. The molecule has 1 aliphatic carbocycles.